The molecule has 0 spiro atoms. The predicted octanol–water partition coefficient (Wildman–Crippen LogP) is 3.27. The minimum absolute atomic E-state index is 0.0900. The lowest BCUT2D eigenvalue weighted by Gasteiger charge is -2.15. The Morgan fingerprint density at radius 2 is 1.12 bits per heavy atom. The van der Waals surface area contributed by atoms with Crippen LogP contribution in [0.5, 0.6) is 0 Å². The summed E-state index contributed by atoms with van der Waals surface area (Å²) in [5.41, 5.74) is 5.48. The Labute approximate surface area is 248 Å². The average Bonchev–Trinajstić information content (AvgIpc) is 2.95. The van der Waals surface area contributed by atoms with Gasteiger partial charge in [0.05, 0.1) is 59.5 Å². The van der Waals surface area contributed by atoms with E-state index in [0.29, 0.717) is 91.7 Å². The zero-order valence-electron chi connectivity index (χ0n) is 25.9. The summed E-state index contributed by atoms with van der Waals surface area (Å²) in [6.45, 7) is 7.02. The number of nitrogens with one attached hydrogen (secondary N) is 2. The zero-order valence-corrected chi connectivity index (χ0v) is 25.9. The fraction of sp³-hybridized carbons (Fsp3) is 0.900. The molecule has 0 aromatic rings. The maximum Gasteiger partial charge on any atom is 0.239 e. The Balaban J connectivity index is 3.60. The Morgan fingerprint density at radius 1 is 0.610 bits per heavy atom. The van der Waals surface area contributed by atoms with E-state index in [4.69, 9.17) is 29.4 Å². The molecule has 0 aliphatic rings. The van der Waals surface area contributed by atoms with Crippen LogP contribution in [-0.4, -0.2) is 96.9 Å². The number of primary amides is 1. The minimum atomic E-state index is -0.668. The molecule has 0 fully saturated rings. The van der Waals surface area contributed by atoms with Gasteiger partial charge in [0, 0.05) is 26.5 Å². The first-order valence-corrected chi connectivity index (χ1v) is 15.7. The summed E-state index contributed by atoms with van der Waals surface area (Å²) in [6, 6.07) is -0.668. The Hall–Kier alpha value is -1.79. The first-order chi connectivity index (χ1) is 20.0. The van der Waals surface area contributed by atoms with Gasteiger partial charge < -0.3 is 40.1 Å². The van der Waals surface area contributed by atoms with Crippen LogP contribution in [0.1, 0.15) is 96.8 Å². The lowest BCUT2D eigenvalue weighted by Crippen LogP contribution is -2.44. The number of amides is 3. The third-order valence-corrected chi connectivity index (χ3v) is 6.45. The zero-order chi connectivity index (χ0) is 30.2. The van der Waals surface area contributed by atoms with E-state index in [1.165, 1.54) is 38.5 Å². The topological polar surface area (TPSA) is 147 Å². The van der Waals surface area contributed by atoms with Crippen LogP contribution in [0, 0.1) is 0 Å². The van der Waals surface area contributed by atoms with Crippen LogP contribution in [-0.2, 0) is 38.1 Å². The van der Waals surface area contributed by atoms with Gasteiger partial charge >= 0.3 is 0 Å². The van der Waals surface area contributed by atoms with Gasteiger partial charge in [-0.3, -0.25) is 14.4 Å². The van der Waals surface area contributed by atoms with E-state index in [0.717, 1.165) is 19.3 Å². The quantitative estimate of drug-likeness (QED) is 0.101. The number of rotatable bonds is 32. The summed E-state index contributed by atoms with van der Waals surface area (Å²) < 4.78 is 26.4. The smallest absolute Gasteiger partial charge is 0.239 e. The van der Waals surface area contributed by atoms with Gasteiger partial charge in [0.2, 0.25) is 17.7 Å². The van der Waals surface area contributed by atoms with Crippen LogP contribution >= 0.6 is 0 Å². The van der Waals surface area contributed by atoms with E-state index in [-0.39, 0.29) is 18.2 Å². The molecule has 0 saturated carbocycles. The van der Waals surface area contributed by atoms with Crippen LogP contribution in [0.4, 0.5) is 0 Å². The van der Waals surface area contributed by atoms with Gasteiger partial charge in [0.1, 0.15) is 6.04 Å². The Kier molecular flexibility index (Phi) is 29.8. The molecule has 0 radical (unpaired) electrons. The van der Waals surface area contributed by atoms with Crippen molar-refractivity contribution in [2.24, 2.45) is 5.73 Å². The number of carbonyl (C=O) groups excluding carboxylic acids is 3. The average molecular weight is 590 g/mol. The van der Waals surface area contributed by atoms with Gasteiger partial charge in [-0.1, -0.05) is 58.3 Å². The van der Waals surface area contributed by atoms with Gasteiger partial charge in [-0.2, -0.15) is 0 Å². The van der Waals surface area contributed by atoms with Crippen molar-refractivity contribution in [3.05, 3.63) is 0 Å². The summed E-state index contributed by atoms with van der Waals surface area (Å²) in [6.07, 6.45) is 13.2. The van der Waals surface area contributed by atoms with Crippen molar-refractivity contribution in [3.8, 4) is 0 Å². The third-order valence-electron chi connectivity index (χ3n) is 6.45. The standard InChI is InChI=1S/C30H59N3O8/c1-3-4-5-6-7-8-9-10-11-15-29(35)33-27(30(31)36)14-12-13-17-32-28(34)16-18-38-21-22-40-25-26-41-24-23-39-20-19-37-2/h27H,3-26H2,1-2H3,(H2,31,36)(H,32,34)(H,33,35). The fourth-order valence-electron chi connectivity index (χ4n) is 4.01. The van der Waals surface area contributed by atoms with Crippen molar-refractivity contribution < 1.29 is 38.1 Å². The molecule has 1 unspecified atom stereocenters. The number of methoxy groups -OCH3 is 1. The molecular formula is C30H59N3O8. The minimum Gasteiger partial charge on any atom is -0.382 e. The second-order valence-electron chi connectivity index (χ2n) is 10.1. The van der Waals surface area contributed by atoms with Crippen molar-refractivity contribution in [2.45, 2.75) is 103 Å². The van der Waals surface area contributed by atoms with Crippen LogP contribution < -0.4 is 16.4 Å². The molecule has 0 aliphatic heterocycles. The normalized spacial score (nSPS) is 11.9. The fourth-order valence-corrected chi connectivity index (χ4v) is 4.01. The van der Waals surface area contributed by atoms with E-state index in [1.807, 2.05) is 0 Å². The van der Waals surface area contributed by atoms with Gasteiger partial charge in [0.15, 0.2) is 0 Å². The van der Waals surface area contributed by atoms with E-state index >= 15 is 0 Å². The van der Waals surface area contributed by atoms with E-state index < -0.39 is 11.9 Å². The van der Waals surface area contributed by atoms with E-state index in [9.17, 15) is 14.4 Å². The number of ether oxygens (including phenoxy) is 5. The predicted molar refractivity (Wildman–Crippen MR) is 160 cm³/mol. The number of hydrogen-bond donors (Lipinski definition) is 3. The summed E-state index contributed by atoms with van der Waals surface area (Å²) in [4.78, 5) is 35.9. The highest BCUT2D eigenvalue weighted by molar-refractivity contribution is 5.86. The van der Waals surface area contributed by atoms with Crippen LogP contribution in [0.15, 0.2) is 0 Å². The van der Waals surface area contributed by atoms with Crippen LogP contribution in [0.3, 0.4) is 0 Å². The number of nitrogens with two attached hydrogens (primary N) is 1. The molecular weight excluding hydrogens is 530 g/mol. The SMILES string of the molecule is CCCCCCCCCCCC(=O)NC(CCCCNC(=O)CCOCCOCCOCCOCCOC)C(N)=O. The molecule has 4 N–H and O–H groups in total. The highest BCUT2D eigenvalue weighted by Gasteiger charge is 2.17. The molecule has 0 aromatic carbocycles. The second kappa shape index (κ2) is 31.2. The highest BCUT2D eigenvalue weighted by atomic mass is 16.6. The molecule has 3 amide bonds. The summed E-state index contributed by atoms with van der Waals surface area (Å²) in [7, 11) is 1.63. The summed E-state index contributed by atoms with van der Waals surface area (Å²) >= 11 is 0. The van der Waals surface area contributed by atoms with Gasteiger partial charge in [-0.15, -0.1) is 0 Å². The molecule has 242 valence electrons. The van der Waals surface area contributed by atoms with Crippen molar-refractivity contribution in [1.82, 2.24) is 10.6 Å². The molecule has 0 saturated heterocycles. The molecule has 41 heavy (non-hydrogen) atoms. The van der Waals surface area contributed by atoms with Crippen LogP contribution in [0.2, 0.25) is 0 Å². The highest BCUT2D eigenvalue weighted by Crippen LogP contribution is 2.10. The van der Waals surface area contributed by atoms with E-state index in [2.05, 4.69) is 17.6 Å². The maximum atomic E-state index is 12.2. The Bertz CT molecular complexity index is 625. The molecule has 11 heteroatoms. The van der Waals surface area contributed by atoms with Crippen molar-refractivity contribution in [3.63, 3.8) is 0 Å². The molecule has 1 atom stereocenters. The largest absolute Gasteiger partial charge is 0.382 e. The maximum absolute atomic E-state index is 12.2. The van der Waals surface area contributed by atoms with Gasteiger partial charge in [-0.25, -0.2) is 0 Å². The third kappa shape index (κ3) is 29.5. The number of carbonyl (C=O) groups is 3. The van der Waals surface area contributed by atoms with Crippen molar-refractivity contribution in [2.75, 3.05) is 73.1 Å². The molecule has 0 bridgehead atoms. The molecule has 11 nitrogen and oxygen atoms in total. The lowest BCUT2D eigenvalue weighted by molar-refractivity contribution is -0.127. The lowest BCUT2D eigenvalue weighted by atomic mass is 10.1. The van der Waals surface area contributed by atoms with Crippen molar-refractivity contribution in [1.29, 1.82) is 0 Å². The van der Waals surface area contributed by atoms with Gasteiger partial charge in [0.25, 0.3) is 0 Å². The Morgan fingerprint density at radius 3 is 1.66 bits per heavy atom. The summed E-state index contributed by atoms with van der Waals surface area (Å²) in [5, 5.41) is 5.61. The first kappa shape index (κ1) is 39.2. The first-order valence-electron chi connectivity index (χ1n) is 15.7. The molecule has 0 heterocycles. The number of hydrogen-bond acceptors (Lipinski definition) is 8. The van der Waals surface area contributed by atoms with Gasteiger partial charge in [-0.05, 0) is 25.7 Å². The number of unbranched alkanes of at least 4 members (excludes halogenated alkanes) is 9. The summed E-state index contributed by atoms with van der Waals surface area (Å²) in [5.74, 6) is -0.734. The van der Waals surface area contributed by atoms with E-state index in [1.54, 1.807) is 7.11 Å². The second-order valence-corrected chi connectivity index (χ2v) is 10.1. The molecule has 0 aliphatic carbocycles. The van der Waals surface area contributed by atoms with Crippen LogP contribution in [0.25, 0.3) is 0 Å². The molecule has 0 rings (SSSR count). The monoisotopic (exact) mass is 589 g/mol. The molecule has 0 aromatic heterocycles. The van der Waals surface area contributed by atoms with Crippen molar-refractivity contribution >= 4 is 17.7 Å².